The van der Waals surface area contributed by atoms with Gasteiger partial charge >= 0.3 is 0 Å². The van der Waals surface area contributed by atoms with Crippen molar-refractivity contribution in [1.82, 2.24) is 20.4 Å². The first kappa shape index (κ1) is 19.8. The molecule has 0 atom stereocenters. The van der Waals surface area contributed by atoms with Crippen LogP contribution in [0.25, 0.3) is 0 Å². The van der Waals surface area contributed by atoms with Gasteiger partial charge in [-0.3, -0.25) is 0 Å². The number of aryl methyl sites for hydroxylation is 2. The summed E-state index contributed by atoms with van der Waals surface area (Å²) in [6.45, 7) is 4.57. The van der Waals surface area contributed by atoms with Gasteiger partial charge in [0.15, 0.2) is 5.96 Å². The number of rotatable bonds is 10. The molecule has 0 aliphatic carbocycles. The molecule has 0 amide bonds. The Bertz CT molecular complexity index is 679. The number of aliphatic imine (C=N–C) groups is 1. The molecule has 2 aromatic rings. The second-order valence-corrected chi connectivity index (χ2v) is 5.75. The van der Waals surface area contributed by atoms with Gasteiger partial charge in [0.1, 0.15) is 5.76 Å². The maximum atomic E-state index is 5.48. The van der Waals surface area contributed by atoms with Crippen molar-refractivity contribution in [2.75, 3.05) is 33.9 Å². The van der Waals surface area contributed by atoms with Gasteiger partial charge in [-0.15, -0.1) is 0 Å². The summed E-state index contributed by atoms with van der Waals surface area (Å²) in [5.41, 5.74) is 2.01. The van der Waals surface area contributed by atoms with Crippen molar-refractivity contribution < 1.29 is 13.9 Å². The third-order valence-electron chi connectivity index (χ3n) is 3.94. The first-order valence-electron chi connectivity index (χ1n) is 8.81. The molecule has 0 spiro atoms. The van der Waals surface area contributed by atoms with Crippen LogP contribution in [0.4, 0.5) is 0 Å². The minimum atomic E-state index is 0.489. The van der Waals surface area contributed by atoms with Gasteiger partial charge in [0.25, 0.3) is 0 Å². The Labute approximate surface area is 154 Å². The van der Waals surface area contributed by atoms with Gasteiger partial charge in [0, 0.05) is 33.7 Å². The summed E-state index contributed by atoms with van der Waals surface area (Å²) in [7, 11) is 5.21. The molecule has 0 fully saturated rings. The monoisotopic (exact) mass is 363 g/mol. The number of methoxy groups -OCH3 is 2. The molecule has 8 heteroatoms. The van der Waals surface area contributed by atoms with Crippen molar-refractivity contribution in [2.24, 2.45) is 12.0 Å². The second kappa shape index (κ2) is 10.5. The predicted molar refractivity (Wildman–Crippen MR) is 101 cm³/mol. The van der Waals surface area contributed by atoms with Crippen molar-refractivity contribution in [2.45, 2.75) is 26.3 Å². The molecule has 0 aliphatic rings. The molecule has 0 radical (unpaired) electrons. The highest BCUT2D eigenvalue weighted by atomic mass is 16.5. The largest absolute Gasteiger partial charge is 0.481 e. The number of hydrogen-bond donors (Lipinski definition) is 2. The lowest BCUT2D eigenvalue weighted by Gasteiger charge is -2.12. The Hall–Kier alpha value is -2.48. The molecule has 2 N–H and O–H groups in total. The van der Waals surface area contributed by atoms with E-state index in [0.717, 1.165) is 48.2 Å². The summed E-state index contributed by atoms with van der Waals surface area (Å²) in [4.78, 5) is 4.69. The number of hydrogen-bond acceptors (Lipinski definition) is 5. The van der Waals surface area contributed by atoms with Crippen LogP contribution in [0, 0.1) is 0 Å². The molecule has 0 saturated heterocycles. The highest BCUT2D eigenvalue weighted by molar-refractivity contribution is 5.79. The van der Waals surface area contributed by atoms with Crippen LogP contribution in [0.5, 0.6) is 5.88 Å². The average Bonchev–Trinajstić information content (AvgIpc) is 3.26. The van der Waals surface area contributed by atoms with Crippen molar-refractivity contribution in [3.8, 4) is 5.88 Å². The molecule has 0 aromatic carbocycles. The first-order chi connectivity index (χ1) is 12.7. The van der Waals surface area contributed by atoms with E-state index in [1.165, 1.54) is 0 Å². The Morgan fingerprint density at radius 3 is 2.77 bits per heavy atom. The fourth-order valence-corrected chi connectivity index (χ4v) is 2.67. The third kappa shape index (κ3) is 5.52. The lowest BCUT2D eigenvalue weighted by atomic mass is 10.2. The number of nitrogens with one attached hydrogen (secondary N) is 2. The molecule has 144 valence electrons. The van der Waals surface area contributed by atoms with E-state index < -0.39 is 0 Å². The Kier molecular flexibility index (Phi) is 8.01. The summed E-state index contributed by atoms with van der Waals surface area (Å²) in [6.07, 6.45) is 3.30. The Morgan fingerprint density at radius 2 is 2.12 bits per heavy atom. The average molecular weight is 363 g/mol. The normalized spacial score (nSPS) is 11.6. The number of aromatic nitrogens is 2. The van der Waals surface area contributed by atoms with E-state index in [1.807, 2.05) is 19.2 Å². The smallest absolute Gasteiger partial charge is 0.216 e. The zero-order chi connectivity index (χ0) is 18.8. The van der Waals surface area contributed by atoms with Crippen molar-refractivity contribution in [3.05, 3.63) is 35.4 Å². The zero-order valence-electron chi connectivity index (χ0n) is 16.0. The Balaban J connectivity index is 2.03. The van der Waals surface area contributed by atoms with E-state index >= 15 is 0 Å². The van der Waals surface area contributed by atoms with Gasteiger partial charge in [-0.2, -0.15) is 5.10 Å². The van der Waals surface area contributed by atoms with E-state index in [-0.39, 0.29) is 0 Å². The van der Waals surface area contributed by atoms with Crippen molar-refractivity contribution >= 4 is 5.96 Å². The fourth-order valence-electron chi connectivity index (χ4n) is 2.67. The molecular weight excluding hydrogens is 334 g/mol. The van der Waals surface area contributed by atoms with Crippen molar-refractivity contribution in [3.63, 3.8) is 0 Å². The van der Waals surface area contributed by atoms with Crippen LogP contribution >= 0.6 is 0 Å². The third-order valence-corrected chi connectivity index (χ3v) is 3.94. The molecule has 0 unspecified atom stereocenters. The first-order valence-corrected chi connectivity index (χ1v) is 8.81. The van der Waals surface area contributed by atoms with Gasteiger partial charge in [0.05, 0.1) is 37.8 Å². The molecule has 2 rings (SSSR count). The summed E-state index contributed by atoms with van der Waals surface area (Å²) < 4.78 is 17.7. The molecule has 26 heavy (non-hydrogen) atoms. The van der Waals surface area contributed by atoms with Crippen molar-refractivity contribution in [1.29, 1.82) is 0 Å². The number of furan rings is 1. The molecular formula is C18H29N5O3. The molecule has 2 heterocycles. The number of ether oxygens (including phenoxy) is 2. The van der Waals surface area contributed by atoms with Crippen LogP contribution in [0.3, 0.4) is 0 Å². The van der Waals surface area contributed by atoms with Gasteiger partial charge in [-0.25, -0.2) is 9.67 Å². The van der Waals surface area contributed by atoms with Crippen LogP contribution in [-0.4, -0.2) is 49.7 Å². The molecule has 2 aromatic heterocycles. The van der Waals surface area contributed by atoms with Crippen LogP contribution in [0.15, 0.2) is 27.8 Å². The topological polar surface area (TPSA) is 85.8 Å². The van der Waals surface area contributed by atoms with Crippen LogP contribution in [-0.2, 0) is 31.2 Å². The highest BCUT2D eigenvalue weighted by Crippen LogP contribution is 2.22. The summed E-state index contributed by atoms with van der Waals surface area (Å²) in [6, 6.07) is 3.85. The van der Waals surface area contributed by atoms with Gasteiger partial charge in [-0.05, 0) is 18.6 Å². The SMILES string of the molecule is CCc1nn(C)c(OC)c1CN=C(NCCOC)NCCc1ccco1. The molecule has 0 aliphatic heterocycles. The lowest BCUT2D eigenvalue weighted by Crippen LogP contribution is -2.40. The molecule has 0 saturated carbocycles. The minimum Gasteiger partial charge on any atom is -0.481 e. The predicted octanol–water partition coefficient (Wildman–Crippen LogP) is 1.51. The quantitative estimate of drug-likeness (QED) is 0.378. The summed E-state index contributed by atoms with van der Waals surface area (Å²) >= 11 is 0. The fraction of sp³-hybridized carbons (Fsp3) is 0.556. The van der Waals surface area contributed by atoms with E-state index in [0.29, 0.717) is 19.7 Å². The van der Waals surface area contributed by atoms with Gasteiger partial charge in [-0.1, -0.05) is 6.92 Å². The number of guanidine groups is 1. The van der Waals surface area contributed by atoms with Crippen LogP contribution < -0.4 is 15.4 Å². The van der Waals surface area contributed by atoms with E-state index in [1.54, 1.807) is 25.2 Å². The Morgan fingerprint density at radius 1 is 1.31 bits per heavy atom. The minimum absolute atomic E-state index is 0.489. The standard InChI is InChI=1S/C18H29N5O3/c1-5-16-15(17(25-4)23(2)22-16)13-21-18(20-10-12-24-3)19-9-8-14-7-6-11-26-14/h6-7,11H,5,8-10,12-13H2,1-4H3,(H2,19,20,21). The van der Waals surface area contributed by atoms with E-state index in [9.17, 15) is 0 Å². The zero-order valence-corrected chi connectivity index (χ0v) is 16.0. The second-order valence-electron chi connectivity index (χ2n) is 5.75. The van der Waals surface area contributed by atoms with E-state index in [2.05, 4.69) is 22.7 Å². The summed E-state index contributed by atoms with van der Waals surface area (Å²) in [5.74, 6) is 2.41. The molecule has 0 bridgehead atoms. The van der Waals surface area contributed by atoms with Gasteiger partial charge < -0.3 is 24.5 Å². The van der Waals surface area contributed by atoms with Crippen LogP contribution in [0.2, 0.25) is 0 Å². The lowest BCUT2D eigenvalue weighted by molar-refractivity contribution is 0.203. The van der Waals surface area contributed by atoms with E-state index in [4.69, 9.17) is 18.9 Å². The van der Waals surface area contributed by atoms with Crippen LogP contribution in [0.1, 0.15) is 23.9 Å². The number of nitrogens with zero attached hydrogens (tertiary/aromatic N) is 3. The van der Waals surface area contributed by atoms with Gasteiger partial charge in [0.2, 0.25) is 5.88 Å². The molecule has 8 nitrogen and oxygen atoms in total. The maximum absolute atomic E-state index is 5.48. The summed E-state index contributed by atoms with van der Waals surface area (Å²) in [5, 5.41) is 11.1. The highest BCUT2D eigenvalue weighted by Gasteiger charge is 2.15. The maximum Gasteiger partial charge on any atom is 0.216 e.